The molecule has 2 atom stereocenters. The number of hydrogen-bond donors (Lipinski definition) is 2. The Morgan fingerprint density at radius 1 is 1.07 bits per heavy atom. The first-order valence-electron chi connectivity index (χ1n) is 9.49. The number of alkyl halides is 3. The van der Waals surface area contributed by atoms with Gasteiger partial charge < -0.3 is 10.4 Å². The molecule has 8 heteroatoms. The molecule has 2 unspecified atom stereocenters. The van der Waals surface area contributed by atoms with Crippen molar-refractivity contribution in [1.82, 2.24) is 4.90 Å². The molecular formula is C22H23F3N2O3. The van der Waals surface area contributed by atoms with Crippen LogP contribution >= 0.6 is 0 Å². The van der Waals surface area contributed by atoms with Crippen molar-refractivity contribution in [2.75, 3.05) is 5.32 Å². The number of carbonyl (C=O) groups excluding carboxylic acids is 1. The zero-order chi connectivity index (χ0) is 22.3. The van der Waals surface area contributed by atoms with E-state index < -0.39 is 29.3 Å². The van der Waals surface area contributed by atoms with Gasteiger partial charge >= 0.3 is 12.3 Å². The molecule has 1 fully saturated rings. The van der Waals surface area contributed by atoms with Gasteiger partial charge in [0.1, 0.15) is 0 Å². The molecule has 2 aromatic carbocycles. The second-order valence-corrected chi connectivity index (χ2v) is 8.39. The number of benzene rings is 2. The molecule has 30 heavy (non-hydrogen) atoms. The molecule has 160 valence electrons. The average Bonchev–Trinajstić information content (AvgIpc) is 3.40. The number of carbonyl (C=O) groups is 2. The number of rotatable bonds is 4. The average molecular weight is 420 g/mol. The smallest absolute Gasteiger partial charge is 0.416 e. The fourth-order valence-electron chi connectivity index (χ4n) is 3.61. The largest absolute Gasteiger partial charge is 0.465 e. The molecule has 2 aromatic rings. The lowest BCUT2D eigenvalue weighted by Gasteiger charge is -2.33. The van der Waals surface area contributed by atoms with Crippen molar-refractivity contribution in [3.8, 4) is 0 Å². The highest BCUT2D eigenvalue weighted by molar-refractivity contribution is 6.04. The van der Waals surface area contributed by atoms with Gasteiger partial charge in [-0.15, -0.1) is 0 Å². The lowest BCUT2D eigenvalue weighted by atomic mass is 10.0. The molecule has 0 aromatic heterocycles. The Morgan fingerprint density at radius 3 is 2.23 bits per heavy atom. The number of hydrogen-bond acceptors (Lipinski definition) is 2. The van der Waals surface area contributed by atoms with E-state index in [0.29, 0.717) is 5.69 Å². The Labute approximate surface area is 172 Å². The maximum absolute atomic E-state index is 12.8. The van der Waals surface area contributed by atoms with Crippen molar-refractivity contribution in [2.24, 2.45) is 0 Å². The molecular weight excluding hydrogens is 397 g/mol. The SMILES string of the molecule is CC(C)(C)N(C(=O)O)C1CC1c1ccc(NC(=O)c2cccc(C(F)(F)F)c2)cc1. The van der Waals surface area contributed by atoms with Crippen LogP contribution < -0.4 is 5.32 Å². The predicted molar refractivity (Wildman–Crippen MR) is 107 cm³/mol. The highest BCUT2D eigenvalue weighted by Gasteiger charge is 2.48. The summed E-state index contributed by atoms with van der Waals surface area (Å²) in [6.45, 7) is 5.55. The minimum atomic E-state index is -4.52. The summed E-state index contributed by atoms with van der Waals surface area (Å²) in [5.41, 5.74) is -0.0770. The molecule has 1 aliphatic rings. The van der Waals surface area contributed by atoms with Gasteiger partial charge in [0, 0.05) is 28.7 Å². The second-order valence-electron chi connectivity index (χ2n) is 8.39. The van der Waals surface area contributed by atoms with E-state index in [1.165, 1.54) is 17.0 Å². The van der Waals surface area contributed by atoms with E-state index >= 15 is 0 Å². The third-order valence-corrected chi connectivity index (χ3v) is 5.07. The highest BCUT2D eigenvalue weighted by atomic mass is 19.4. The molecule has 0 heterocycles. The summed E-state index contributed by atoms with van der Waals surface area (Å²) in [6, 6.07) is 11.1. The van der Waals surface area contributed by atoms with E-state index in [4.69, 9.17) is 0 Å². The van der Waals surface area contributed by atoms with Crippen molar-refractivity contribution < 1.29 is 27.9 Å². The monoisotopic (exact) mass is 420 g/mol. The van der Waals surface area contributed by atoms with Crippen LogP contribution in [0, 0.1) is 0 Å². The summed E-state index contributed by atoms with van der Waals surface area (Å²) in [6.07, 6.45) is -4.75. The second kappa shape index (κ2) is 7.66. The summed E-state index contributed by atoms with van der Waals surface area (Å²) in [4.78, 5) is 25.4. The lowest BCUT2D eigenvalue weighted by molar-refractivity contribution is -0.137. The van der Waals surface area contributed by atoms with Crippen molar-refractivity contribution in [3.05, 3.63) is 65.2 Å². The molecule has 1 saturated carbocycles. The van der Waals surface area contributed by atoms with Crippen LogP contribution in [0.25, 0.3) is 0 Å². The van der Waals surface area contributed by atoms with E-state index in [-0.39, 0.29) is 17.5 Å². The van der Waals surface area contributed by atoms with Gasteiger partial charge in [-0.2, -0.15) is 13.2 Å². The Morgan fingerprint density at radius 2 is 1.70 bits per heavy atom. The molecule has 0 radical (unpaired) electrons. The van der Waals surface area contributed by atoms with Crippen LogP contribution in [0.15, 0.2) is 48.5 Å². The summed E-state index contributed by atoms with van der Waals surface area (Å²) in [5.74, 6) is -0.559. The van der Waals surface area contributed by atoms with Crippen LogP contribution in [-0.4, -0.2) is 33.6 Å². The minimum Gasteiger partial charge on any atom is -0.465 e. The molecule has 0 spiro atoms. The first-order chi connectivity index (χ1) is 13.9. The Hall–Kier alpha value is -3.03. The van der Waals surface area contributed by atoms with E-state index in [1.54, 1.807) is 24.3 Å². The van der Waals surface area contributed by atoms with E-state index in [9.17, 15) is 27.9 Å². The van der Waals surface area contributed by atoms with Crippen LogP contribution in [0.4, 0.5) is 23.7 Å². The van der Waals surface area contributed by atoms with Gasteiger partial charge in [-0.3, -0.25) is 9.69 Å². The number of carboxylic acid groups (broad SMARTS) is 1. The Kier molecular flexibility index (Phi) is 5.54. The number of anilines is 1. The molecule has 0 aliphatic heterocycles. The zero-order valence-corrected chi connectivity index (χ0v) is 16.8. The fourth-order valence-corrected chi connectivity index (χ4v) is 3.61. The highest BCUT2D eigenvalue weighted by Crippen LogP contribution is 2.47. The predicted octanol–water partition coefficient (Wildman–Crippen LogP) is 5.59. The van der Waals surface area contributed by atoms with Gasteiger partial charge in [-0.25, -0.2) is 4.79 Å². The quantitative estimate of drug-likeness (QED) is 0.677. The molecule has 0 bridgehead atoms. The Balaban J connectivity index is 1.67. The molecule has 2 amide bonds. The molecule has 0 saturated heterocycles. The molecule has 1 aliphatic carbocycles. The topological polar surface area (TPSA) is 69.6 Å². The van der Waals surface area contributed by atoms with Crippen LogP contribution in [0.1, 0.15) is 54.6 Å². The Bertz CT molecular complexity index is 949. The third-order valence-electron chi connectivity index (χ3n) is 5.07. The lowest BCUT2D eigenvalue weighted by Crippen LogP contribution is -2.46. The van der Waals surface area contributed by atoms with Gasteiger partial charge in [0.15, 0.2) is 0 Å². The summed E-state index contributed by atoms with van der Waals surface area (Å²) in [5, 5.41) is 12.1. The first-order valence-corrected chi connectivity index (χ1v) is 9.49. The van der Waals surface area contributed by atoms with Crippen molar-refractivity contribution in [2.45, 2.75) is 50.9 Å². The number of nitrogens with zero attached hydrogens (tertiary/aromatic N) is 1. The third kappa shape index (κ3) is 4.75. The van der Waals surface area contributed by atoms with Crippen LogP contribution in [0.2, 0.25) is 0 Å². The standard InChI is InChI=1S/C22H23F3N2O3/c1-21(2,3)27(20(29)30)18-12-17(18)13-7-9-16(10-8-13)26-19(28)14-5-4-6-15(11-14)22(23,24)25/h4-11,17-18H,12H2,1-3H3,(H,26,28)(H,29,30). The van der Waals surface area contributed by atoms with E-state index in [0.717, 1.165) is 24.1 Å². The zero-order valence-electron chi connectivity index (χ0n) is 16.8. The van der Waals surface area contributed by atoms with Crippen molar-refractivity contribution >= 4 is 17.7 Å². The maximum Gasteiger partial charge on any atom is 0.416 e. The van der Waals surface area contributed by atoms with Gasteiger partial charge in [0.2, 0.25) is 0 Å². The fraction of sp³-hybridized carbons (Fsp3) is 0.364. The minimum absolute atomic E-state index is 0.0774. The van der Waals surface area contributed by atoms with Gasteiger partial charge in [-0.05, 0) is 63.1 Å². The van der Waals surface area contributed by atoms with Gasteiger partial charge in [0.25, 0.3) is 5.91 Å². The number of nitrogens with one attached hydrogen (secondary N) is 1. The van der Waals surface area contributed by atoms with Gasteiger partial charge in [0.05, 0.1) is 5.56 Å². The summed E-state index contributed by atoms with van der Waals surface area (Å²) < 4.78 is 38.5. The van der Waals surface area contributed by atoms with Crippen molar-refractivity contribution in [1.29, 1.82) is 0 Å². The summed E-state index contributed by atoms with van der Waals surface area (Å²) >= 11 is 0. The normalized spacial score (nSPS) is 18.6. The molecule has 5 nitrogen and oxygen atoms in total. The molecule has 2 N–H and O–H groups in total. The van der Waals surface area contributed by atoms with Crippen LogP contribution in [0.3, 0.4) is 0 Å². The first kappa shape index (κ1) is 21.7. The van der Waals surface area contributed by atoms with E-state index in [1.807, 2.05) is 20.8 Å². The van der Waals surface area contributed by atoms with Gasteiger partial charge in [-0.1, -0.05) is 18.2 Å². The number of amides is 2. The molecule has 3 rings (SSSR count). The summed E-state index contributed by atoms with van der Waals surface area (Å²) in [7, 11) is 0. The number of halogens is 3. The maximum atomic E-state index is 12.8. The van der Waals surface area contributed by atoms with Crippen LogP contribution in [0.5, 0.6) is 0 Å². The van der Waals surface area contributed by atoms with Crippen LogP contribution in [-0.2, 0) is 6.18 Å². The van der Waals surface area contributed by atoms with Crippen molar-refractivity contribution in [3.63, 3.8) is 0 Å². The van der Waals surface area contributed by atoms with E-state index in [2.05, 4.69) is 5.32 Å².